The third kappa shape index (κ3) is 5.10. The predicted octanol–water partition coefficient (Wildman–Crippen LogP) is 5.51. The summed E-state index contributed by atoms with van der Waals surface area (Å²) >= 11 is 6.43. The largest absolute Gasteiger partial charge is 0.492 e. The molecule has 0 spiro atoms. The quantitative estimate of drug-likeness (QED) is 0.359. The van der Waals surface area contributed by atoms with E-state index in [1.165, 1.54) is 0 Å². The fourth-order valence-electron chi connectivity index (χ4n) is 3.92. The number of ether oxygens (including phenoxy) is 1. The summed E-state index contributed by atoms with van der Waals surface area (Å²) in [5, 5.41) is 15.0. The number of rotatable bonds is 6. The third-order valence-corrected chi connectivity index (χ3v) is 5.86. The summed E-state index contributed by atoms with van der Waals surface area (Å²) in [6.07, 6.45) is 6.50. The highest BCUT2D eigenvalue weighted by atomic mass is 35.5. The first-order valence-electron chi connectivity index (χ1n) is 11.1. The van der Waals surface area contributed by atoms with Gasteiger partial charge in [-0.15, -0.1) is 0 Å². The molecule has 2 heterocycles. The number of hydrogen-bond acceptors (Lipinski definition) is 4. The van der Waals surface area contributed by atoms with Crippen molar-refractivity contribution >= 4 is 23.6 Å². The van der Waals surface area contributed by atoms with Gasteiger partial charge < -0.3 is 9.64 Å². The average Bonchev–Trinajstić information content (AvgIpc) is 3.28. The Morgan fingerprint density at radius 2 is 1.94 bits per heavy atom. The van der Waals surface area contributed by atoms with E-state index in [4.69, 9.17) is 21.4 Å². The number of carbonyl (C=O) groups is 1. The van der Waals surface area contributed by atoms with Gasteiger partial charge in [-0.25, -0.2) is 4.68 Å². The van der Waals surface area contributed by atoms with Crippen LogP contribution in [0, 0.1) is 11.3 Å². The van der Waals surface area contributed by atoms with E-state index in [9.17, 15) is 10.1 Å². The van der Waals surface area contributed by atoms with Crippen molar-refractivity contribution in [3.8, 4) is 28.8 Å². The second kappa shape index (κ2) is 10.4. The molecule has 0 saturated carbocycles. The normalized spacial score (nSPS) is 14.1. The number of benzene rings is 2. The standard InChI is InChI=1S/C26H25ClN4O2/c1-2-33-24-12-11-19(16-23(24)27)25-21(18-31(29-25)22-9-5-3-6-10-22)15-20(17-28)26(32)30-13-7-4-8-14-30/h3,5-6,9-12,15-16,18H,2,4,7-8,13-14H2,1H3. The lowest BCUT2D eigenvalue weighted by atomic mass is 10.0. The van der Waals surface area contributed by atoms with Crippen molar-refractivity contribution < 1.29 is 9.53 Å². The summed E-state index contributed by atoms with van der Waals surface area (Å²) < 4.78 is 7.29. The summed E-state index contributed by atoms with van der Waals surface area (Å²) in [4.78, 5) is 14.8. The average molecular weight is 461 g/mol. The van der Waals surface area contributed by atoms with Crippen LogP contribution >= 0.6 is 11.6 Å². The van der Waals surface area contributed by atoms with Gasteiger partial charge in [-0.1, -0.05) is 29.8 Å². The van der Waals surface area contributed by atoms with E-state index in [-0.39, 0.29) is 11.5 Å². The van der Waals surface area contributed by atoms with Gasteiger partial charge in [0.25, 0.3) is 5.91 Å². The van der Waals surface area contributed by atoms with Crippen molar-refractivity contribution in [2.24, 2.45) is 0 Å². The highest BCUT2D eigenvalue weighted by Gasteiger charge is 2.22. The second-order valence-electron chi connectivity index (χ2n) is 7.81. The molecule has 1 aliphatic heterocycles. The smallest absolute Gasteiger partial charge is 0.264 e. The molecule has 0 N–H and O–H groups in total. The van der Waals surface area contributed by atoms with Crippen LogP contribution in [0.25, 0.3) is 23.0 Å². The maximum absolute atomic E-state index is 13.0. The summed E-state index contributed by atoms with van der Waals surface area (Å²) in [5.41, 5.74) is 3.04. The Hall–Kier alpha value is -3.56. The minimum Gasteiger partial charge on any atom is -0.492 e. The topological polar surface area (TPSA) is 71.1 Å². The van der Waals surface area contributed by atoms with Gasteiger partial charge in [-0.05, 0) is 62.6 Å². The van der Waals surface area contributed by atoms with Crippen LogP contribution in [-0.4, -0.2) is 40.3 Å². The molecule has 1 aliphatic rings. The zero-order valence-corrected chi connectivity index (χ0v) is 19.3. The van der Waals surface area contributed by atoms with E-state index in [1.807, 2.05) is 49.5 Å². The van der Waals surface area contributed by atoms with Crippen LogP contribution in [0.2, 0.25) is 5.02 Å². The van der Waals surface area contributed by atoms with E-state index in [2.05, 4.69) is 6.07 Å². The molecule has 2 aromatic carbocycles. The molecule has 1 aromatic heterocycles. The van der Waals surface area contributed by atoms with E-state index in [0.29, 0.717) is 41.7 Å². The molecule has 3 aromatic rings. The third-order valence-electron chi connectivity index (χ3n) is 5.56. The highest BCUT2D eigenvalue weighted by molar-refractivity contribution is 6.32. The van der Waals surface area contributed by atoms with E-state index >= 15 is 0 Å². The molecule has 33 heavy (non-hydrogen) atoms. The first-order valence-corrected chi connectivity index (χ1v) is 11.5. The molecule has 4 rings (SSSR count). The Morgan fingerprint density at radius 1 is 1.18 bits per heavy atom. The van der Waals surface area contributed by atoms with Crippen LogP contribution in [-0.2, 0) is 4.79 Å². The van der Waals surface area contributed by atoms with Crippen molar-refractivity contribution in [2.75, 3.05) is 19.7 Å². The van der Waals surface area contributed by atoms with Crippen molar-refractivity contribution in [1.29, 1.82) is 5.26 Å². The number of amides is 1. The summed E-state index contributed by atoms with van der Waals surface area (Å²) in [6.45, 7) is 3.78. The molecule has 168 valence electrons. The SMILES string of the molecule is CCOc1ccc(-c2nn(-c3ccccc3)cc2C=C(C#N)C(=O)N2CCCCC2)cc1Cl. The molecule has 6 nitrogen and oxygen atoms in total. The lowest BCUT2D eigenvalue weighted by Gasteiger charge is -2.26. The highest BCUT2D eigenvalue weighted by Crippen LogP contribution is 2.33. The van der Waals surface area contributed by atoms with Gasteiger partial charge in [0.2, 0.25) is 0 Å². The van der Waals surface area contributed by atoms with Gasteiger partial charge in [-0.3, -0.25) is 4.79 Å². The van der Waals surface area contributed by atoms with E-state index in [1.54, 1.807) is 27.8 Å². The Bertz CT molecular complexity index is 1200. The number of aromatic nitrogens is 2. The van der Waals surface area contributed by atoms with Gasteiger partial charge in [0, 0.05) is 30.4 Å². The maximum atomic E-state index is 13.0. The first kappa shape index (κ1) is 22.6. The van der Waals surface area contributed by atoms with Crippen molar-refractivity contribution in [1.82, 2.24) is 14.7 Å². The van der Waals surface area contributed by atoms with Crippen LogP contribution in [0.15, 0.2) is 60.3 Å². The van der Waals surface area contributed by atoms with E-state index < -0.39 is 0 Å². The monoisotopic (exact) mass is 460 g/mol. The maximum Gasteiger partial charge on any atom is 0.264 e. The van der Waals surface area contributed by atoms with Crippen LogP contribution < -0.4 is 4.74 Å². The number of hydrogen-bond donors (Lipinski definition) is 0. The van der Waals surface area contributed by atoms with Crippen LogP contribution in [0.5, 0.6) is 5.75 Å². The zero-order valence-electron chi connectivity index (χ0n) is 18.5. The molecule has 0 bridgehead atoms. The molecular weight excluding hydrogens is 436 g/mol. The number of nitrogens with zero attached hydrogens (tertiary/aromatic N) is 4. The van der Waals surface area contributed by atoms with Gasteiger partial charge in [-0.2, -0.15) is 10.4 Å². The van der Waals surface area contributed by atoms with Gasteiger partial charge in [0.1, 0.15) is 23.1 Å². The Kier molecular flexibility index (Phi) is 7.11. The molecule has 1 amide bonds. The number of carbonyl (C=O) groups excluding carboxylic acids is 1. The van der Waals surface area contributed by atoms with Gasteiger partial charge >= 0.3 is 0 Å². The summed E-state index contributed by atoms with van der Waals surface area (Å²) in [7, 11) is 0. The van der Waals surface area contributed by atoms with Gasteiger partial charge in [0.15, 0.2) is 0 Å². The Labute approximate surface area is 198 Å². The van der Waals surface area contributed by atoms with Crippen molar-refractivity contribution in [3.05, 3.63) is 70.9 Å². The number of para-hydroxylation sites is 1. The number of nitriles is 1. The summed E-state index contributed by atoms with van der Waals surface area (Å²) in [6, 6.07) is 17.3. The van der Waals surface area contributed by atoms with Crippen molar-refractivity contribution in [2.45, 2.75) is 26.2 Å². The number of piperidine rings is 1. The second-order valence-corrected chi connectivity index (χ2v) is 8.22. The molecule has 1 fully saturated rings. The molecule has 7 heteroatoms. The molecule has 0 radical (unpaired) electrons. The molecule has 0 unspecified atom stereocenters. The molecule has 0 aliphatic carbocycles. The molecule has 1 saturated heterocycles. The lowest BCUT2D eigenvalue weighted by molar-refractivity contribution is -0.127. The fraction of sp³-hybridized carbons (Fsp3) is 0.269. The van der Waals surface area contributed by atoms with Crippen molar-refractivity contribution in [3.63, 3.8) is 0 Å². The molecule has 0 atom stereocenters. The predicted molar refractivity (Wildman–Crippen MR) is 129 cm³/mol. The van der Waals surface area contributed by atoms with Gasteiger partial charge in [0.05, 0.1) is 17.3 Å². The first-order chi connectivity index (χ1) is 16.1. The van der Waals surface area contributed by atoms with Crippen LogP contribution in [0.1, 0.15) is 31.7 Å². The minimum absolute atomic E-state index is 0.0998. The Balaban J connectivity index is 1.78. The zero-order chi connectivity index (χ0) is 23.2. The summed E-state index contributed by atoms with van der Waals surface area (Å²) in [5.74, 6) is 0.362. The van der Waals surface area contributed by atoms with E-state index in [0.717, 1.165) is 30.5 Å². The Morgan fingerprint density at radius 3 is 2.61 bits per heavy atom. The van der Waals surface area contributed by atoms with Crippen LogP contribution in [0.3, 0.4) is 0 Å². The molecular formula is C26H25ClN4O2. The van der Waals surface area contributed by atoms with Crippen LogP contribution in [0.4, 0.5) is 0 Å². The lowest BCUT2D eigenvalue weighted by Crippen LogP contribution is -2.36. The minimum atomic E-state index is -0.236. The number of likely N-dealkylation sites (tertiary alicyclic amines) is 1. The number of halogens is 1. The fourth-order valence-corrected chi connectivity index (χ4v) is 4.15.